The highest BCUT2D eigenvalue weighted by Crippen LogP contribution is 2.27. The van der Waals surface area contributed by atoms with Crippen molar-refractivity contribution >= 4 is 22.7 Å². The molecule has 0 spiro atoms. The van der Waals surface area contributed by atoms with E-state index < -0.39 is 0 Å². The lowest BCUT2D eigenvalue weighted by atomic mass is 10.0. The van der Waals surface area contributed by atoms with Crippen molar-refractivity contribution in [1.82, 2.24) is 29.6 Å². The molecule has 0 atom stereocenters. The average Bonchev–Trinajstić information content (AvgIpc) is 3.63. The highest BCUT2D eigenvalue weighted by molar-refractivity contribution is 5.77. The number of nitrogens with zero attached hydrogens (tertiary/aromatic N) is 5. The molecule has 1 saturated carbocycles. The number of hydrogen-bond donors (Lipinski definition) is 2. The van der Waals surface area contributed by atoms with Gasteiger partial charge in [0.25, 0.3) is 5.56 Å². The van der Waals surface area contributed by atoms with Gasteiger partial charge in [-0.3, -0.25) is 4.79 Å². The van der Waals surface area contributed by atoms with E-state index in [0.717, 1.165) is 43.7 Å². The summed E-state index contributed by atoms with van der Waals surface area (Å²) in [6.45, 7) is 6.01. The molecule has 0 radical (unpaired) electrons. The molecule has 34 heavy (non-hydrogen) atoms. The van der Waals surface area contributed by atoms with E-state index in [1.165, 1.54) is 11.1 Å². The van der Waals surface area contributed by atoms with Gasteiger partial charge in [0.15, 0.2) is 5.65 Å². The summed E-state index contributed by atoms with van der Waals surface area (Å²) in [5, 5.41) is 7.13. The molecule has 1 aliphatic heterocycles. The quantitative estimate of drug-likeness (QED) is 0.413. The van der Waals surface area contributed by atoms with E-state index in [9.17, 15) is 4.79 Å². The molecule has 9 heteroatoms. The van der Waals surface area contributed by atoms with Gasteiger partial charge in [-0.15, -0.1) is 6.58 Å². The van der Waals surface area contributed by atoms with E-state index in [-0.39, 0.29) is 11.7 Å². The zero-order valence-corrected chi connectivity index (χ0v) is 18.7. The van der Waals surface area contributed by atoms with Crippen LogP contribution in [0.15, 0.2) is 60.2 Å². The zero-order chi connectivity index (χ0) is 23.1. The van der Waals surface area contributed by atoms with Crippen LogP contribution in [0.1, 0.15) is 24.0 Å². The molecule has 4 heterocycles. The molecule has 0 bridgehead atoms. The molecule has 2 N–H and O–H groups in total. The summed E-state index contributed by atoms with van der Waals surface area (Å²) in [7, 11) is 0. The van der Waals surface area contributed by atoms with E-state index in [1.807, 2.05) is 18.2 Å². The number of allylic oxidation sites excluding steroid dienone is 1. The van der Waals surface area contributed by atoms with Crippen LogP contribution in [0.4, 0.5) is 11.6 Å². The fraction of sp³-hybridized carbons (Fsp3) is 0.280. The van der Waals surface area contributed by atoms with Gasteiger partial charge in [-0.2, -0.15) is 4.98 Å². The van der Waals surface area contributed by atoms with E-state index in [1.54, 1.807) is 27.8 Å². The summed E-state index contributed by atoms with van der Waals surface area (Å²) in [5.74, 6) is 0.963. The van der Waals surface area contributed by atoms with Crippen molar-refractivity contribution in [3.05, 3.63) is 76.9 Å². The minimum atomic E-state index is -0.177. The number of anilines is 2. The summed E-state index contributed by atoms with van der Waals surface area (Å²) in [5.41, 5.74) is 4.62. The smallest absolute Gasteiger partial charge is 0.278 e. The Morgan fingerprint density at radius 1 is 1.21 bits per heavy atom. The van der Waals surface area contributed by atoms with E-state index in [2.05, 4.69) is 39.3 Å². The lowest BCUT2D eigenvalue weighted by molar-refractivity contribution is 0.291. The maximum Gasteiger partial charge on any atom is 0.278 e. The van der Waals surface area contributed by atoms with Crippen LogP contribution in [0, 0.1) is 0 Å². The Morgan fingerprint density at radius 3 is 2.97 bits per heavy atom. The lowest BCUT2D eigenvalue weighted by Gasteiger charge is -2.18. The summed E-state index contributed by atoms with van der Waals surface area (Å²) in [4.78, 5) is 26.6. The first kappa shape index (κ1) is 20.6. The van der Waals surface area contributed by atoms with Crippen LogP contribution in [0.2, 0.25) is 0 Å². The molecule has 0 unspecified atom stereocenters. The summed E-state index contributed by atoms with van der Waals surface area (Å²) < 4.78 is 9.25. The van der Waals surface area contributed by atoms with Gasteiger partial charge in [0, 0.05) is 30.7 Å². The van der Waals surface area contributed by atoms with Crippen molar-refractivity contribution in [1.29, 1.82) is 0 Å². The standard InChI is InChI=1S/C25H25N7O2/c1-2-11-31-24(33)21-15-28-25(29-18-4-3-17-14-26-9-7-16(17)12-18)30-23(21)32(31)19-8-10-27-22(13-19)34-20-5-6-20/h2-4,8,10,12-13,15,20,26H,1,5-7,9,11,14H2,(H,28,29,30). The second kappa shape index (κ2) is 8.42. The summed E-state index contributed by atoms with van der Waals surface area (Å²) >= 11 is 0. The van der Waals surface area contributed by atoms with E-state index >= 15 is 0 Å². The average molecular weight is 456 g/mol. The van der Waals surface area contributed by atoms with Crippen LogP contribution >= 0.6 is 0 Å². The third kappa shape index (κ3) is 3.84. The number of rotatable bonds is 7. The predicted octanol–water partition coefficient (Wildman–Crippen LogP) is 3.09. The van der Waals surface area contributed by atoms with Crippen molar-refractivity contribution < 1.29 is 4.74 Å². The topological polar surface area (TPSA) is 98.9 Å². The Balaban J connectivity index is 1.42. The van der Waals surface area contributed by atoms with Crippen LogP contribution in [-0.4, -0.2) is 37.0 Å². The lowest BCUT2D eigenvalue weighted by Crippen LogP contribution is -2.23. The fourth-order valence-electron chi connectivity index (χ4n) is 4.27. The number of pyridine rings is 1. The maximum atomic E-state index is 13.2. The van der Waals surface area contributed by atoms with Crippen LogP contribution in [0.25, 0.3) is 16.7 Å². The number of ether oxygens (including phenoxy) is 1. The zero-order valence-electron chi connectivity index (χ0n) is 18.7. The number of hydrogen-bond acceptors (Lipinski definition) is 7. The molecule has 1 aromatic carbocycles. The normalized spacial score (nSPS) is 15.2. The van der Waals surface area contributed by atoms with Gasteiger partial charge in [-0.25, -0.2) is 19.3 Å². The Bertz CT molecular complexity index is 1450. The molecule has 0 amide bonds. The molecule has 1 aliphatic carbocycles. The number of fused-ring (bicyclic) bond motifs is 2. The SMILES string of the molecule is C=CCn1c(=O)c2cnc(Nc3ccc4c(c3)CCNC4)nc2n1-c1ccnc(OC2CC2)c1. The van der Waals surface area contributed by atoms with Gasteiger partial charge in [-0.05, 0) is 55.1 Å². The van der Waals surface area contributed by atoms with Crippen molar-refractivity contribution in [3.63, 3.8) is 0 Å². The first-order chi connectivity index (χ1) is 16.7. The van der Waals surface area contributed by atoms with Gasteiger partial charge in [-0.1, -0.05) is 12.1 Å². The Kier molecular flexibility index (Phi) is 5.10. The largest absolute Gasteiger partial charge is 0.474 e. The highest BCUT2D eigenvalue weighted by atomic mass is 16.5. The van der Waals surface area contributed by atoms with E-state index in [4.69, 9.17) is 9.72 Å². The van der Waals surface area contributed by atoms with Gasteiger partial charge in [0.1, 0.15) is 11.5 Å². The Hall–Kier alpha value is -3.98. The summed E-state index contributed by atoms with van der Waals surface area (Å²) in [6.07, 6.45) is 8.25. The van der Waals surface area contributed by atoms with Crippen LogP contribution in [-0.2, 0) is 19.5 Å². The monoisotopic (exact) mass is 455 g/mol. The second-order valence-electron chi connectivity index (χ2n) is 8.62. The third-order valence-corrected chi connectivity index (χ3v) is 6.10. The molecule has 4 aromatic rings. The molecule has 172 valence electrons. The van der Waals surface area contributed by atoms with Gasteiger partial charge < -0.3 is 15.4 Å². The minimum Gasteiger partial charge on any atom is -0.474 e. The first-order valence-electron chi connectivity index (χ1n) is 11.5. The molecule has 2 aliphatic rings. The van der Waals surface area contributed by atoms with Gasteiger partial charge in [0.2, 0.25) is 11.8 Å². The van der Waals surface area contributed by atoms with Gasteiger partial charge in [0.05, 0.1) is 12.2 Å². The Labute approximate surface area is 196 Å². The minimum absolute atomic E-state index is 0.177. The van der Waals surface area contributed by atoms with Crippen molar-refractivity contribution in [2.45, 2.75) is 38.5 Å². The van der Waals surface area contributed by atoms with Crippen LogP contribution < -0.4 is 20.9 Å². The molecule has 1 fully saturated rings. The van der Waals surface area contributed by atoms with Crippen LogP contribution in [0.5, 0.6) is 5.88 Å². The van der Waals surface area contributed by atoms with Crippen molar-refractivity contribution in [2.75, 3.05) is 11.9 Å². The van der Waals surface area contributed by atoms with Gasteiger partial charge >= 0.3 is 0 Å². The highest BCUT2D eigenvalue weighted by Gasteiger charge is 2.24. The Morgan fingerprint density at radius 2 is 2.12 bits per heavy atom. The number of benzene rings is 1. The predicted molar refractivity (Wildman–Crippen MR) is 130 cm³/mol. The summed E-state index contributed by atoms with van der Waals surface area (Å²) in [6, 6.07) is 9.97. The van der Waals surface area contributed by atoms with Crippen molar-refractivity contribution in [3.8, 4) is 11.6 Å². The number of nitrogens with one attached hydrogen (secondary N) is 2. The van der Waals surface area contributed by atoms with Crippen molar-refractivity contribution in [2.24, 2.45) is 0 Å². The molecular weight excluding hydrogens is 430 g/mol. The van der Waals surface area contributed by atoms with E-state index in [0.29, 0.717) is 29.4 Å². The number of aromatic nitrogens is 5. The molecule has 9 nitrogen and oxygen atoms in total. The van der Waals surface area contributed by atoms with Crippen LogP contribution in [0.3, 0.4) is 0 Å². The maximum absolute atomic E-state index is 13.2. The molecule has 3 aromatic heterocycles. The molecule has 6 rings (SSSR count). The first-order valence-corrected chi connectivity index (χ1v) is 11.5. The molecule has 0 saturated heterocycles. The molecular formula is C25H25N7O2. The fourth-order valence-corrected chi connectivity index (χ4v) is 4.27. The third-order valence-electron chi connectivity index (χ3n) is 6.10. The second-order valence-corrected chi connectivity index (χ2v) is 8.62.